The molecule has 1 atom stereocenters. The fraction of sp³-hybridized carbons (Fsp3) is 0.429. The number of aldehydes is 1. The number of rotatable bonds is 6. The van der Waals surface area contributed by atoms with Gasteiger partial charge in [-0.3, -0.25) is 4.79 Å². The predicted octanol–water partition coefficient (Wildman–Crippen LogP) is 3.46. The van der Waals surface area contributed by atoms with Crippen molar-refractivity contribution in [3.8, 4) is 0 Å². The second-order valence-corrected chi connectivity index (χ2v) is 5.29. The number of ether oxygens (including phenoxy) is 1. The lowest BCUT2D eigenvalue weighted by molar-refractivity contribution is -0.147. The van der Waals surface area contributed by atoms with Gasteiger partial charge in [0.1, 0.15) is 6.29 Å². The first-order chi connectivity index (χ1) is 8.52. The van der Waals surface area contributed by atoms with Crippen LogP contribution < -0.4 is 0 Å². The van der Waals surface area contributed by atoms with Crippen molar-refractivity contribution in [1.82, 2.24) is 0 Å². The molecule has 98 valence electrons. The van der Waals surface area contributed by atoms with Gasteiger partial charge in [0.25, 0.3) is 0 Å². The van der Waals surface area contributed by atoms with Crippen molar-refractivity contribution in [3.63, 3.8) is 0 Å². The minimum absolute atomic E-state index is 0.111. The lowest BCUT2D eigenvalue weighted by atomic mass is 9.96. The molecule has 18 heavy (non-hydrogen) atoms. The van der Waals surface area contributed by atoms with E-state index in [1.807, 2.05) is 38.1 Å². The number of halogens is 1. The SMILES string of the molecule is CC(C)OC(=O)CC[C@H](C=O)c1ccc(Br)cc1. The number of benzene rings is 1. The number of carbonyl (C=O) groups excluding carboxylic acids is 2. The lowest BCUT2D eigenvalue weighted by Gasteiger charge is -2.12. The zero-order valence-corrected chi connectivity index (χ0v) is 12.1. The van der Waals surface area contributed by atoms with Gasteiger partial charge in [0, 0.05) is 16.8 Å². The zero-order valence-electron chi connectivity index (χ0n) is 10.6. The van der Waals surface area contributed by atoms with Crippen LogP contribution in [0.3, 0.4) is 0 Å². The summed E-state index contributed by atoms with van der Waals surface area (Å²) in [5.74, 6) is -0.508. The molecule has 4 heteroatoms. The number of hydrogen-bond acceptors (Lipinski definition) is 3. The van der Waals surface area contributed by atoms with Crippen molar-refractivity contribution < 1.29 is 14.3 Å². The molecule has 0 aromatic heterocycles. The summed E-state index contributed by atoms with van der Waals surface area (Å²) in [5.41, 5.74) is 0.922. The predicted molar refractivity (Wildman–Crippen MR) is 73.4 cm³/mol. The molecule has 0 saturated carbocycles. The van der Waals surface area contributed by atoms with Crippen molar-refractivity contribution in [1.29, 1.82) is 0 Å². The van der Waals surface area contributed by atoms with Gasteiger partial charge >= 0.3 is 5.97 Å². The fourth-order valence-corrected chi connectivity index (χ4v) is 1.88. The Hall–Kier alpha value is -1.16. The van der Waals surface area contributed by atoms with Crippen LogP contribution in [0.25, 0.3) is 0 Å². The second kappa shape index (κ2) is 7.31. The van der Waals surface area contributed by atoms with Crippen molar-refractivity contribution in [2.24, 2.45) is 0 Å². The summed E-state index contributed by atoms with van der Waals surface area (Å²) in [6.45, 7) is 3.62. The third-order valence-corrected chi connectivity index (χ3v) is 3.02. The molecule has 0 saturated heterocycles. The third-order valence-electron chi connectivity index (χ3n) is 2.49. The topological polar surface area (TPSA) is 43.4 Å². The van der Waals surface area contributed by atoms with Gasteiger partial charge in [-0.2, -0.15) is 0 Å². The minimum Gasteiger partial charge on any atom is -0.463 e. The van der Waals surface area contributed by atoms with Crippen LogP contribution in [0.15, 0.2) is 28.7 Å². The number of carbonyl (C=O) groups is 2. The van der Waals surface area contributed by atoms with Crippen LogP contribution in [0.4, 0.5) is 0 Å². The van der Waals surface area contributed by atoms with E-state index in [2.05, 4.69) is 15.9 Å². The van der Waals surface area contributed by atoms with Crippen molar-refractivity contribution in [3.05, 3.63) is 34.3 Å². The van der Waals surface area contributed by atoms with E-state index in [4.69, 9.17) is 4.74 Å². The third kappa shape index (κ3) is 5.00. The van der Waals surface area contributed by atoms with Gasteiger partial charge in [0.05, 0.1) is 6.10 Å². The van der Waals surface area contributed by atoms with Crippen LogP contribution >= 0.6 is 15.9 Å². The van der Waals surface area contributed by atoms with Gasteiger partial charge in [-0.25, -0.2) is 0 Å². The number of esters is 1. The Labute approximate surface area is 116 Å². The van der Waals surface area contributed by atoms with Gasteiger partial charge in [0.2, 0.25) is 0 Å². The molecule has 0 N–H and O–H groups in total. The Morgan fingerprint density at radius 3 is 2.44 bits per heavy atom. The molecule has 3 nitrogen and oxygen atoms in total. The second-order valence-electron chi connectivity index (χ2n) is 4.37. The Kier molecular flexibility index (Phi) is 6.05. The van der Waals surface area contributed by atoms with Crippen molar-refractivity contribution in [2.75, 3.05) is 0 Å². The lowest BCUT2D eigenvalue weighted by Crippen LogP contribution is -2.13. The Bertz CT molecular complexity index is 398. The molecule has 0 fully saturated rings. The van der Waals surface area contributed by atoms with Crippen molar-refractivity contribution >= 4 is 28.2 Å². The molecule has 0 amide bonds. The fourth-order valence-electron chi connectivity index (χ4n) is 1.62. The van der Waals surface area contributed by atoms with Gasteiger partial charge in [-0.05, 0) is 38.0 Å². The van der Waals surface area contributed by atoms with E-state index < -0.39 is 0 Å². The molecule has 0 heterocycles. The maximum atomic E-state index is 11.4. The Morgan fingerprint density at radius 2 is 1.94 bits per heavy atom. The molecule has 1 aromatic carbocycles. The molecule has 1 rings (SSSR count). The molecule has 0 bridgehead atoms. The summed E-state index contributed by atoms with van der Waals surface area (Å²) in [4.78, 5) is 22.5. The molecular formula is C14H17BrO3. The molecular weight excluding hydrogens is 296 g/mol. The summed E-state index contributed by atoms with van der Waals surface area (Å²) in [5, 5.41) is 0. The van der Waals surface area contributed by atoms with E-state index in [1.165, 1.54) is 0 Å². The first-order valence-corrected chi connectivity index (χ1v) is 6.72. The van der Waals surface area contributed by atoms with Crippen LogP contribution in [0.2, 0.25) is 0 Å². The summed E-state index contributed by atoms with van der Waals surface area (Å²) < 4.78 is 6.01. The molecule has 0 aliphatic carbocycles. The van der Waals surface area contributed by atoms with E-state index in [1.54, 1.807) is 0 Å². The zero-order chi connectivity index (χ0) is 13.5. The van der Waals surface area contributed by atoms with E-state index in [9.17, 15) is 9.59 Å². The van der Waals surface area contributed by atoms with Crippen LogP contribution in [0, 0.1) is 0 Å². The molecule has 0 aliphatic heterocycles. The van der Waals surface area contributed by atoms with Gasteiger partial charge < -0.3 is 9.53 Å². The first kappa shape index (κ1) is 14.9. The standard InChI is InChI=1S/C14H17BrO3/c1-10(2)18-14(17)8-5-12(9-16)11-3-6-13(15)7-4-11/h3-4,6-7,9-10,12H,5,8H2,1-2H3/t12-/m1/s1. The molecule has 0 aliphatic rings. The average molecular weight is 313 g/mol. The maximum Gasteiger partial charge on any atom is 0.306 e. The minimum atomic E-state index is -0.256. The molecule has 0 unspecified atom stereocenters. The van der Waals surface area contributed by atoms with Gasteiger partial charge in [0.15, 0.2) is 0 Å². The normalized spacial score (nSPS) is 12.2. The van der Waals surface area contributed by atoms with Crippen LogP contribution in [-0.4, -0.2) is 18.4 Å². The van der Waals surface area contributed by atoms with Crippen molar-refractivity contribution in [2.45, 2.75) is 38.7 Å². The average Bonchev–Trinajstić information content (AvgIpc) is 2.31. The van der Waals surface area contributed by atoms with Gasteiger partial charge in [-0.1, -0.05) is 28.1 Å². The van der Waals surface area contributed by atoms with E-state index in [-0.39, 0.29) is 24.4 Å². The van der Waals surface area contributed by atoms with E-state index >= 15 is 0 Å². The maximum absolute atomic E-state index is 11.4. The number of hydrogen-bond donors (Lipinski definition) is 0. The first-order valence-electron chi connectivity index (χ1n) is 5.93. The Balaban J connectivity index is 2.55. The smallest absolute Gasteiger partial charge is 0.306 e. The van der Waals surface area contributed by atoms with Crippen LogP contribution in [-0.2, 0) is 14.3 Å². The molecule has 0 radical (unpaired) electrons. The highest BCUT2D eigenvalue weighted by Crippen LogP contribution is 2.21. The molecule has 0 spiro atoms. The van der Waals surface area contributed by atoms with E-state index in [0.717, 1.165) is 16.3 Å². The Morgan fingerprint density at radius 1 is 1.33 bits per heavy atom. The van der Waals surface area contributed by atoms with Gasteiger partial charge in [-0.15, -0.1) is 0 Å². The summed E-state index contributed by atoms with van der Waals surface area (Å²) >= 11 is 3.34. The highest BCUT2D eigenvalue weighted by Gasteiger charge is 2.14. The monoisotopic (exact) mass is 312 g/mol. The summed E-state index contributed by atoms with van der Waals surface area (Å²) in [7, 11) is 0. The van der Waals surface area contributed by atoms with Crippen LogP contribution in [0.1, 0.15) is 38.2 Å². The quantitative estimate of drug-likeness (QED) is 0.597. The van der Waals surface area contributed by atoms with E-state index in [0.29, 0.717) is 6.42 Å². The summed E-state index contributed by atoms with van der Waals surface area (Å²) in [6, 6.07) is 7.55. The van der Waals surface area contributed by atoms with Crippen LogP contribution in [0.5, 0.6) is 0 Å². The highest BCUT2D eigenvalue weighted by molar-refractivity contribution is 9.10. The highest BCUT2D eigenvalue weighted by atomic mass is 79.9. The molecule has 1 aromatic rings. The largest absolute Gasteiger partial charge is 0.463 e. The summed E-state index contributed by atoms with van der Waals surface area (Å²) in [6.07, 6.45) is 1.51.